The third-order valence-electron chi connectivity index (χ3n) is 11.2. The molecule has 7 aromatic rings. The van der Waals surface area contributed by atoms with Gasteiger partial charge >= 0.3 is 0 Å². The fourth-order valence-electron chi connectivity index (χ4n) is 9.27. The molecule has 11 rings (SSSR count). The highest BCUT2D eigenvalue weighted by Crippen LogP contribution is 2.69. The Morgan fingerprint density at radius 1 is 0.529 bits per heavy atom. The molecule has 0 aromatic heterocycles. The molecule has 0 saturated carbocycles. The minimum absolute atomic E-state index is 0.605. The number of rotatable bonds is 3. The fraction of sp³-hybridized carbons (Fsp3) is 0.0870. The van der Waals surface area contributed by atoms with Gasteiger partial charge in [-0.25, -0.2) is 0 Å². The quantitative estimate of drug-likeness (QED) is 0.175. The lowest BCUT2D eigenvalue weighted by molar-refractivity contribution is 0.460. The largest absolute Gasteiger partial charge is 0.455 e. The summed E-state index contributed by atoms with van der Waals surface area (Å²) in [6.45, 7) is 6.23. The summed E-state index contributed by atoms with van der Waals surface area (Å²) in [4.78, 5) is 2.33. The Morgan fingerprint density at radius 2 is 1.08 bits per heavy atom. The zero-order valence-electron chi connectivity index (χ0n) is 28.4. The Morgan fingerprint density at radius 3 is 1.73 bits per heavy atom. The van der Waals surface area contributed by atoms with Gasteiger partial charge in [0, 0.05) is 11.3 Å². The highest BCUT2D eigenvalue weighted by atomic mass is 31.2. The summed E-state index contributed by atoms with van der Waals surface area (Å²) >= 11 is 0. The van der Waals surface area contributed by atoms with Crippen molar-refractivity contribution in [3.05, 3.63) is 178 Å². The molecule has 5 heteroatoms. The lowest BCUT2D eigenvalue weighted by Crippen LogP contribution is -2.43. The smallest absolute Gasteiger partial charge is 0.189 e. The van der Waals surface area contributed by atoms with Crippen LogP contribution in [0.25, 0.3) is 11.1 Å². The van der Waals surface area contributed by atoms with Gasteiger partial charge in [0.2, 0.25) is 0 Å². The summed E-state index contributed by atoms with van der Waals surface area (Å²) in [6.07, 6.45) is 0. The topological polar surface area (TPSA) is 38.8 Å². The number of fused-ring (bicyclic) bond motifs is 4. The molecule has 7 aromatic carbocycles. The van der Waals surface area contributed by atoms with E-state index in [2.05, 4.69) is 140 Å². The van der Waals surface area contributed by atoms with Gasteiger partial charge in [-0.2, -0.15) is 0 Å². The van der Waals surface area contributed by atoms with Gasteiger partial charge in [-0.1, -0.05) is 103 Å². The van der Waals surface area contributed by atoms with E-state index in [-0.39, 0.29) is 0 Å². The number of nitrogens with zero attached hydrogens (tertiary/aromatic N) is 1. The van der Waals surface area contributed by atoms with E-state index in [1.165, 1.54) is 11.1 Å². The number of anilines is 3. The van der Waals surface area contributed by atoms with Crippen molar-refractivity contribution < 1.29 is 14.0 Å². The van der Waals surface area contributed by atoms with Gasteiger partial charge in [-0.15, -0.1) is 0 Å². The second-order valence-corrected chi connectivity index (χ2v) is 16.8. The molecule has 244 valence electrons. The second-order valence-electron chi connectivity index (χ2n) is 14.2. The first kappa shape index (κ1) is 29.0. The molecular formula is C46H32NO3P. The predicted molar refractivity (Wildman–Crippen MR) is 206 cm³/mol. The number of ether oxygens (including phenoxy) is 2. The van der Waals surface area contributed by atoms with E-state index in [0.717, 1.165) is 66.6 Å². The first-order chi connectivity index (χ1) is 24.9. The van der Waals surface area contributed by atoms with E-state index in [0.29, 0.717) is 28.3 Å². The zero-order chi connectivity index (χ0) is 34.2. The molecule has 0 N–H and O–H groups in total. The Balaban J connectivity index is 1.38. The van der Waals surface area contributed by atoms with Crippen molar-refractivity contribution in [1.82, 2.24) is 0 Å². The minimum Gasteiger partial charge on any atom is -0.455 e. The normalized spacial score (nSPS) is 17.5. The van der Waals surface area contributed by atoms with Crippen molar-refractivity contribution in [2.24, 2.45) is 0 Å². The molecule has 0 spiro atoms. The maximum absolute atomic E-state index is 16.7. The van der Waals surface area contributed by atoms with E-state index < -0.39 is 12.6 Å². The molecule has 4 nitrogen and oxygen atoms in total. The van der Waals surface area contributed by atoms with Gasteiger partial charge in [0.25, 0.3) is 0 Å². The van der Waals surface area contributed by atoms with Crippen molar-refractivity contribution in [3.8, 4) is 34.1 Å². The Labute approximate surface area is 296 Å². The number of aryl methyl sites for hydroxylation is 3. The number of hydrogen-bond acceptors (Lipinski definition) is 4. The van der Waals surface area contributed by atoms with Crippen LogP contribution in [0.2, 0.25) is 0 Å². The van der Waals surface area contributed by atoms with Crippen molar-refractivity contribution in [1.29, 1.82) is 0 Å². The highest BCUT2D eigenvalue weighted by Gasteiger charge is 2.57. The van der Waals surface area contributed by atoms with E-state index in [1.54, 1.807) is 0 Å². The van der Waals surface area contributed by atoms with Gasteiger partial charge in [-0.3, -0.25) is 0 Å². The van der Waals surface area contributed by atoms with Crippen molar-refractivity contribution in [3.63, 3.8) is 0 Å². The summed E-state index contributed by atoms with van der Waals surface area (Å²) in [7, 11) is -3.51. The van der Waals surface area contributed by atoms with Crippen molar-refractivity contribution in [2.75, 3.05) is 4.90 Å². The zero-order valence-corrected chi connectivity index (χ0v) is 29.3. The third kappa shape index (κ3) is 3.53. The third-order valence-corrected chi connectivity index (χ3v) is 14.4. The van der Waals surface area contributed by atoms with E-state index in [1.807, 2.05) is 25.1 Å². The van der Waals surface area contributed by atoms with E-state index in [9.17, 15) is 0 Å². The Bertz CT molecular complexity index is 2660. The molecule has 0 radical (unpaired) electrons. The SMILES string of the molecule is Cc1ccc(N2c3cc(C)cc4c3P3(=O)c5c(cc(C)cc5Oc5cc6c(c2c53)-c2ccccc2C6(c2ccccc2)c2ccccc2)O4)cc1. The predicted octanol–water partition coefficient (Wildman–Crippen LogP) is 10.6. The summed E-state index contributed by atoms with van der Waals surface area (Å²) in [6, 6.07) is 49.4. The van der Waals surface area contributed by atoms with Crippen LogP contribution in [-0.4, -0.2) is 0 Å². The van der Waals surface area contributed by atoms with Crippen LogP contribution in [0.5, 0.6) is 23.0 Å². The molecular weight excluding hydrogens is 645 g/mol. The monoisotopic (exact) mass is 677 g/mol. The van der Waals surface area contributed by atoms with Crippen molar-refractivity contribution in [2.45, 2.75) is 26.2 Å². The Kier molecular flexibility index (Phi) is 5.62. The second kappa shape index (κ2) is 9.90. The molecule has 0 bridgehead atoms. The van der Waals surface area contributed by atoms with Gasteiger partial charge in [0.1, 0.15) is 28.3 Å². The molecule has 0 amide bonds. The molecule has 3 aliphatic heterocycles. The highest BCUT2D eigenvalue weighted by molar-refractivity contribution is 7.87. The molecule has 3 heterocycles. The van der Waals surface area contributed by atoms with Crippen LogP contribution in [0, 0.1) is 20.8 Å². The van der Waals surface area contributed by atoms with Crippen LogP contribution in [-0.2, 0) is 9.98 Å². The standard InChI is InChI=1S/C46H32NO3P/c1-27-18-20-32(21-19-27)47-36-22-28(2)23-37-43(36)51(48)44-38(49-37)24-29(3)25-39(44)50-40-26-35-41(42(47)45(40)51)33-16-10-11-17-34(33)46(35,30-12-6-4-7-13-30)31-14-8-5-9-15-31/h4-26H,1-3H3. The summed E-state index contributed by atoms with van der Waals surface area (Å²) in [5.74, 6) is 2.50. The van der Waals surface area contributed by atoms with Crippen LogP contribution < -0.4 is 30.3 Å². The van der Waals surface area contributed by atoms with Gasteiger partial charge in [0.15, 0.2) is 7.14 Å². The maximum atomic E-state index is 16.7. The summed E-state index contributed by atoms with van der Waals surface area (Å²) in [5, 5.41) is 2.14. The fourth-order valence-corrected chi connectivity index (χ4v) is 12.6. The number of hydrogen-bond donors (Lipinski definition) is 0. The van der Waals surface area contributed by atoms with E-state index >= 15 is 4.57 Å². The van der Waals surface area contributed by atoms with Crippen LogP contribution in [0.3, 0.4) is 0 Å². The van der Waals surface area contributed by atoms with Crippen LogP contribution >= 0.6 is 7.14 Å². The van der Waals surface area contributed by atoms with Gasteiger partial charge in [-0.05, 0) is 102 Å². The van der Waals surface area contributed by atoms with Crippen LogP contribution in [0.4, 0.5) is 17.1 Å². The minimum atomic E-state index is -3.51. The average Bonchev–Trinajstić information content (AvgIpc) is 3.43. The molecule has 0 fully saturated rings. The van der Waals surface area contributed by atoms with Gasteiger partial charge in [0.05, 0.1) is 27.4 Å². The first-order valence-electron chi connectivity index (χ1n) is 17.4. The molecule has 51 heavy (non-hydrogen) atoms. The van der Waals surface area contributed by atoms with Crippen LogP contribution in [0.1, 0.15) is 38.9 Å². The average molecular weight is 678 g/mol. The summed E-state index contributed by atoms with van der Waals surface area (Å²) in [5.41, 5.74) is 12.2. The first-order valence-corrected chi connectivity index (χ1v) is 19.2. The molecule has 1 aliphatic carbocycles. The lowest BCUT2D eigenvalue weighted by atomic mass is 9.67. The number of benzene rings is 7. The molecule has 1 atom stereocenters. The maximum Gasteiger partial charge on any atom is 0.189 e. The molecule has 1 unspecified atom stereocenters. The molecule has 0 saturated heterocycles. The Hall–Kier alpha value is -5.83. The van der Waals surface area contributed by atoms with Crippen LogP contribution in [0.15, 0.2) is 140 Å². The summed E-state index contributed by atoms with van der Waals surface area (Å²) < 4.78 is 30.4. The lowest BCUT2D eigenvalue weighted by Gasteiger charge is -2.45. The van der Waals surface area contributed by atoms with E-state index in [4.69, 9.17) is 9.47 Å². The van der Waals surface area contributed by atoms with Gasteiger partial charge < -0.3 is 18.9 Å². The van der Waals surface area contributed by atoms with Crippen molar-refractivity contribution >= 4 is 40.1 Å². The molecule has 4 aliphatic rings.